The Morgan fingerprint density at radius 1 is 1.41 bits per heavy atom. The Balaban J connectivity index is 1.94. The SMILES string of the molecule is Cc1ccnc(N(C)CCN2CCCC2)c1Br. The zero-order valence-electron chi connectivity index (χ0n) is 10.6. The van der Waals surface area contributed by atoms with E-state index < -0.39 is 0 Å². The second kappa shape index (κ2) is 5.83. The predicted octanol–water partition coefficient (Wildman–Crippen LogP) is 2.68. The van der Waals surface area contributed by atoms with Crippen LogP contribution in [-0.4, -0.2) is 43.1 Å². The van der Waals surface area contributed by atoms with Crippen molar-refractivity contribution in [2.75, 3.05) is 38.1 Å². The highest BCUT2D eigenvalue weighted by Crippen LogP contribution is 2.25. The minimum Gasteiger partial charge on any atom is -0.357 e. The minimum absolute atomic E-state index is 1.04. The lowest BCUT2D eigenvalue weighted by molar-refractivity contribution is 0.346. The van der Waals surface area contributed by atoms with Gasteiger partial charge in [-0.3, -0.25) is 0 Å². The van der Waals surface area contributed by atoms with Crippen molar-refractivity contribution in [3.63, 3.8) is 0 Å². The number of anilines is 1. The molecule has 4 heteroatoms. The maximum atomic E-state index is 4.44. The van der Waals surface area contributed by atoms with Crippen LogP contribution >= 0.6 is 15.9 Å². The van der Waals surface area contributed by atoms with Gasteiger partial charge in [-0.2, -0.15) is 0 Å². The Morgan fingerprint density at radius 2 is 2.12 bits per heavy atom. The molecule has 0 aromatic carbocycles. The van der Waals surface area contributed by atoms with Gasteiger partial charge in [0.05, 0.1) is 4.47 Å². The van der Waals surface area contributed by atoms with Crippen molar-refractivity contribution in [1.82, 2.24) is 9.88 Å². The summed E-state index contributed by atoms with van der Waals surface area (Å²) in [5.74, 6) is 1.05. The summed E-state index contributed by atoms with van der Waals surface area (Å²) >= 11 is 3.62. The molecule has 0 N–H and O–H groups in total. The van der Waals surface area contributed by atoms with Gasteiger partial charge in [0.1, 0.15) is 5.82 Å². The summed E-state index contributed by atoms with van der Waals surface area (Å²) in [6.07, 6.45) is 4.59. The van der Waals surface area contributed by atoms with E-state index in [2.05, 4.69) is 44.7 Å². The standard InChI is InChI=1S/C13H20BrN3/c1-11-5-6-15-13(12(11)14)16(2)9-10-17-7-3-4-8-17/h5-6H,3-4,7-10H2,1-2H3. The highest BCUT2D eigenvalue weighted by atomic mass is 79.9. The van der Waals surface area contributed by atoms with Crippen molar-refractivity contribution in [3.05, 3.63) is 22.3 Å². The monoisotopic (exact) mass is 297 g/mol. The van der Waals surface area contributed by atoms with Crippen LogP contribution in [0.1, 0.15) is 18.4 Å². The maximum absolute atomic E-state index is 4.44. The smallest absolute Gasteiger partial charge is 0.142 e. The topological polar surface area (TPSA) is 19.4 Å². The van der Waals surface area contributed by atoms with Crippen LogP contribution in [0.15, 0.2) is 16.7 Å². The number of aromatic nitrogens is 1. The van der Waals surface area contributed by atoms with Gasteiger partial charge in [-0.05, 0) is 60.4 Å². The van der Waals surface area contributed by atoms with E-state index in [1.54, 1.807) is 0 Å². The first-order valence-electron chi connectivity index (χ1n) is 6.23. The fraction of sp³-hybridized carbons (Fsp3) is 0.615. The predicted molar refractivity (Wildman–Crippen MR) is 75.6 cm³/mol. The zero-order valence-corrected chi connectivity index (χ0v) is 12.2. The van der Waals surface area contributed by atoms with Crippen LogP contribution in [0.25, 0.3) is 0 Å². The molecule has 1 aliphatic rings. The molecule has 17 heavy (non-hydrogen) atoms. The highest BCUT2D eigenvalue weighted by molar-refractivity contribution is 9.10. The lowest BCUT2D eigenvalue weighted by atomic mass is 10.3. The van der Waals surface area contributed by atoms with E-state index in [9.17, 15) is 0 Å². The summed E-state index contributed by atoms with van der Waals surface area (Å²) in [7, 11) is 2.11. The summed E-state index contributed by atoms with van der Waals surface area (Å²) in [6, 6.07) is 2.03. The highest BCUT2D eigenvalue weighted by Gasteiger charge is 2.14. The zero-order chi connectivity index (χ0) is 12.3. The van der Waals surface area contributed by atoms with Crippen molar-refractivity contribution in [3.8, 4) is 0 Å². The molecular formula is C13H20BrN3. The Labute approximate surface area is 112 Å². The Hall–Kier alpha value is -0.610. The van der Waals surface area contributed by atoms with Gasteiger partial charge in [0.2, 0.25) is 0 Å². The van der Waals surface area contributed by atoms with E-state index in [4.69, 9.17) is 0 Å². The number of aryl methyl sites for hydroxylation is 1. The third kappa shape index (κ3) is 3.19. The van der Waals surface area contributed by atoms with E-state index in [-0.39, 0.29) is 0 Å². The van der Waals surface area contributed by atoms with Crippen LogP contribution in [0.5, 0.6) is 0 Å². The van der Waals surface area contributed by atoms with Gasteiger partial charge in [0.25, 0.3) is 0 Å². The summed E-state index contributed by atoms with van der Waals surface area (Å²) in [5, 5.41) is 0. The van der Waals surface area contributed by atoms with Crippen LogP contribution in [0.2, 0.25) is 0 Å². The lowest BCUT2D eigenvalue weighted by Crippen LogP contribution is -2.32. The summed E-state index contributed by atoms with van der Waals surface area (Å²) in [6.45, 7) is 6.80. The molecule has 2 rings (SSSR count). The molecule has 1 aromatic rings. The van der Waals surface area contributed by atoms with E-state index in [1.807, 2.05) is 12.3 Å². The Kier molecular flexibility index (Phi) is 4.40. The number of likely N-dealkylation sites (tertiary alicyclic amines) is 1. The number of rotatable bonds is 4. The third-order valence-corrected chi connectivity index (χ3v) is 4.36. The van der Waals surface area contributed by atoms with Crippen molar-refractivity contribution < 1.29 is 0 Å². The molecule has 0 radical (unpaired) electrons. The van der Waals surface area contributed by atoms with Gasteiger partial charge >= 0.3 is 0 Å². The number of likely N-dealkylation sites (N-methyl/N-ethyl adjacent to an activating group) is 1. The van der Waals surface area contributed by atoms with E-state index in [0.717, 1.165) is 23.4 Å². The van der Waals surface area contributed by atoms with Gasteiger partial charge in [0.15, 0.2) is 0 Å². The van der Waals surface area contributed by atoms with Crippen molar-refractivity contribution >= 4 is 21.7 Å². The Morgan fingerprint density at radius 3 is 2.82 bits per heavy atom. The molecule has 0 amide bonds. The maximum Gasteiger partial charge on any atom is 0.142 e. The summed E-state index contributed by atoms with van der Waals surface area (Å²) in [5.41, 5.74) is 1.24. The molecule has 0 unspecified atom stereocenters. The van der Waals surface area contributed by atoms with E-state index in [1.165, 1.54) is 31.5 Å². The number of hydrogen-bond acceptors (Lipinski definition) is 3. The van der Waals surface area contributed by atoms with Crippen LogP contribution in [0.3, 0.4) is 0 Å². The summed E-state index contributed by atoms with van der Waals surface area (Å²) < 4.78 is 1.11. The van der Waals surface area contributed by atoms with Crippen LogP contribution in [0.4, 0.5) is 5.82 Å². The molecule has 3 nitrogen and oxygen atoms in total. The fourth-order valence-electron chi connectivity index (χ4n) is 2.20. The fourth-order valence-corrected chi connectivity index (χ4v) is 2.73. The van der Waals surface area contributed by atoms with Crippen LogP contribution in [-0.2, 0) is 0 Å². The molecule has 1 fully saturated rings. The molecule has 0 atom stereocenters. The molecule has 94 valence electrons. The largest absolute Gasteiger partial charge is 0.357 e. The van der Waals surface area contributed by atoms with Gasteiger partial charge in [-0.1, -0.05) is 0 Å². The van der Waals surface area contributed by atoms with Crippen molar-refractivity contribution in [2.45, 2.75) is 19.8 Å². The van der Waals surface area contributed by atoms with Crippen molar-refractivity contribution in [2.24, 2.45) is 0 Å². The van der Waals surface area contributed by atoms with Crippen molar-refractivity contribution in [1.29, 1.82) is 0 Å². The van der Waals surface area contributed by atoms with Crippen LogP contribution in [0, 0.1) is 6.92 Å². The van der Waals surface area contributed by atoms with Crippen LogP contribution < -0.4 is 4.90 Å². The normalized spacial score (nSPS) is 16.4. The molecule has 0 aliphatic carbocycles. The average Bonchev–Trinajstić information content (AvgIpc) is 2.82. The molecule has 2 heterocycles. The average molecular weight is 298 g/mol. The molecule has 0 saturated carbocycles. The van der Waals surface area contributed by atoms with E-state index in [0.29, 0.717) is 0 Å². The number of nitrogens with zero attached hydrogens (tertiary/aromatic N) is 3. The lowest BCUT2D eigenvalue weighted by Gasteiger charge is -2.23. The third-order valence-electron chi connectivity index (χ3n) is 3.38. The first kappa shape index (κ1) is 12.8. The van der Waals surface area contributed by atoms with Gasteiger partial charge < -0.3 is 9.80 Å². The molecule has 0 bridgehead atoms. The minimum atomic E-state index is 1.04. The number of halogens is 1. The van der Waals surface area contributed by atoms with Gasteiger partial charge in [-0.25, -0.2) is 4.98 Å². The number of pyridine rings is 1. The van der Waals surface area contributed by atoms with E-state index >= 15 is 0 Å². The van der Waals surface area contributed by atoms with Gasteiger partial charge in [0, 0.05) is 26.3 Å². The quantitative estimate of drug-likeness (QED) is 0.852. The Bertz CT molecular complexity index is 375. The van der Waals surface area contributed by atoms with Gasteiger partial charge in [-0.15, -0.1) is 0 Å². The first-order valence-corrected chi connectivity index (χ1v) is 7.02. The first-order chi connectivity index (χ1) is 8.18. The molecule has 0 spiro atoms. The number of hydrogen-bond donors (Lipinski definition) is 0. The second-order valence-electron chi connectivity index (χ2n) is 4.74. The molecular weight excluding hydrogens is 278 g/mol. The molecule has 1 aromatic heterocycles. The molecule has 1 saturated heterocycles. The summed E-state index contributed by atoms with van der Waals surface area (Å²) in [4.78, 5) is 9.20. The second-order valence-corrected chi connectivity index (χ2v) is 5.53. The molecule has 1 aliphatic heterocycles.